The number of pyridine rings is 1. The Morgan fingerprint density at radius 1 is 1.00 bits per heavy atom. The molecule has 0 bridgehead atoms. The molecule has 0 unspecified atom stereocenters. The average Bonchev–Trinajstić information content (AvgIpc) is 2.38. The van der Waals surface area contributed by atoms with Crippen LogP contribution in [0.25, 0.3) is 0 Å². The predicted molar refractivity (Wildman–Crippen MR) is 74.1 cm³/mol. The van der Waals surface area contributed by atoms with Crippen molar-refractivity contribution in [2.24, 2.45) is 0 Å². The summed E-state index contributed by atoms with van der Waals surface area (Å²) in [6.07, 6.45) is 5.96. The highest BCUT2D eigenvalue weighted by Gasteiger charge is 1.95. The van der Waals surface area contributed by atoms with Crippen molar-refractivity contribution >= 4 is 17.4 Å². The van der Waals surface area contributed by atoms with E-state index in [1.165, 1.54) is 16.9 Å². The van der Waals surface area contributed by atoms with E-state index in [0.717, 1.165) is 17.9 Å². The SMILES string of the molecule is Nc1ccc(CCCSc2ccncc2)cc1. The zero-order chi connectivity index (χ0) is 11.9. The number of hydrogen-bond acceptors (Lipinski definition) is 3. The highest BCUT2D eigenvalue weighted by atomic mass is 32.2. The molecule has 0 aliphatic heterocycles. The van der Waals surface area contributed by atoms with E-state index in [9.17, 15) is 0 Å². The molecule has 1 aromatic heterocycles. The number of nitrogens with zero attached hydrogens (tertiary/aromatic N) is 1. The molecule has 2 rings (SSSR count). The number of nitrogens with two attached hydrogens (primary N) is 1. The van der Waals surface area contributed by atoms with Crippen LogP contribution in [-0.2, 0) is 6.42 Å². The maximum atomic E-state index is 5.65. The molecule has 0 saturated heterocycles. The van der Waals surface area contributed by atoms with E-state index in [1.807, 2.05) is 48.4 Å². The van der Waals surface area contributed by atoms with Crippen molar-refractivity contribution in [1.82, 2.24) is 4.98 Å². The third-order valence-corrected chi connectivity index (χ3v) is 3.61. The first-order valence-electron chi connectivity index (χ1n) is 5.72. The molecule has 1 aromatic carbocycles. The van der Waals surface area contributed by atoms with Crippen molar-refractivity contribution in [2.45, 2.75) is 17.7 Å². The minimum absolute atomic E-state index is 0.833. The number of benzene rings is 1. The largest absolute Gasteiger partial charge is 0.399 e. The van der Waals surface area contributed by atoms with Gasteiger partial charge in [-0.25, -0.2) is 0 Å². The molecule has 0 amide bonds. The molecule has 17 heavy (non-hydrogen) atoms. The second-order valence-corrected chi connectivity index (χ2v) is 5.04. The first kappa shape index (κ1) is 12.0. The summed E-state index contributed by atoms with van der Waals surface area (Å²) in [7, 11) is 0. The molecule has 88 valence electrons. The van der Waals surface area contributed by atoms with Crippen LogP contribution in [0.2, 0.25) is 0 Å². The predicted octanol–water partition coefficient (Wildman–Crippen LogP) is 3.39. The van der Waals surface area contributed by atoms with Gasteiger partial charge in [-0.2, -0.15) is 0 Å². The fraction of sp³-hybridized carbons (Fsp3) is 0.214. The van der Waals surface area contributed by atoms with Crippen LogP contribution in [0.3, 0.4) is 0 Å². The molecular weight excluding hydrogens is 228 g/mol. The van der Waals surface area contributed by atoms with Gasteiger partial charge in [-0.3, -0.25) is 4.98 Å². The van der Waals surface area contributed by atoms with E-state index < -0.39 is 0 Å². The van der Waals surface area contributed by atoms with E-state index >= 15 is 0 Å². The van der Waals surface area contributed by atoms with Crippen LogP contribution in [0, 0.1) is 0 Å². The van der Waals surface area contributed by atoms with Gasteiger partial charge in [0, 0.05) is 23.0 Å². The zero-order valence-corrected chi connectivity index (χ0v) is 10.5. The number of nitrogen functional groups attached to an aromatic ring is 1. The lowest BCUT2D eigenvalue weighted by molar-refractivity contribution is 0.933. The molecule has 0 fully saturated rings. The number of aromatic nitrogens is 1. The first-order chi connectivity index (χ1) is 8.34. The highest BCUT2D eigenvalue weighted by Crippen LogP contribution is 2.18. The quantitative estimate of drug-likeness (QED) is 0.498. The average molecular weight is 244 g/mol. The second-order valence-electron chi connectivity index (χ2n) is 3.88. The molecule has 2 N–H and O–H groups in total. The minimum atomic E-state index is 0.833. The lowest BCUT2D eigenvalue weighted by atomic mass is 10.1. The van der Waals surface area contributed by atoms with Crippen molar-refractivity contribution in [3.05, 3.63) is 54.4 Å². The summed E-state index contributed by atoms with van der Waals surface area (Å²) in [6, 6.07) is 12.2. The van der Waals surface area contributed by atoms with Gasteiger partial charge in [-0.15, -0.1) is 11.8 Å². The van der Waals surface area contributed by atoms with Gasteiger partial charge >= 0.3 is 0 Å². The monoisotopic (exact) mass is 244 g/mol. The van der Waals surface area contributed by atoms with Crippen molar-refractivity contribution in [3.8, 4) is 0 Å². The van der Waals surface area contributed by atoms with Gasteiger partial charge in [0.2, 0.25) is 0 Å². The summed E-state index contributed by atoms with van der Waals surface area (Å²) >= 11 is 1.88. The van der Waals surface area contributed by atoms with Crippen molar-refractivity contribution in [3.63, 3.8) is 0 Å². The summed E-state index contributed by atoms with van der Waals surface area (Å²) in [4.78, 5) is 5.29. The van der Waals surface area contributed by atoms with Crippen LogP contribution in [0.1, 0.15) is 12.0 Å². The van der Waals surface area contributed by atoms with Gasteiger partial charge in [0.05, 0.1) is 0 Å². The normalized spacial score (nSPS) is 10.4. The van der Waals surface area contributed by atoms with E-state index in [1.54, 1.807) is 0 Å². The molecule has 0 atom stereocenters. The lowest BCUT2D eigenvalue weighted by Gasteiger charge is -2.02. The fourth-order valence-corrected chi connectivity index (χ4v) is 2.42. The fourth-order valence-electron chi connectivity index (χ4n) is 1.59. The Morgan fingerprint density at radius 2 is 1.71 bits per heavy atom. The summed E-state index contributed by atoms with van der Waals surface area (Å²) in [6.45, 7) is 0. The van der Waals surface area contributed by atoms with Gasteiger partial charge in [-0.05, 0) is 48.4 Å². The molecule has 0 radical (unpaired) electrons. The molecular formula is C14H16N2S. The molecule has 0 aliphatic carbocycles. The van der Waals surface area contributed by atoms with E-state index in [0.29, 0.717) is 0 Å². The third kappa shape index (κ3) is 4.11. The lowest BCUT2D eigenvalue weighted by Crippen LogP contribution is -1.89. The molecule has 0 saturated carbocycles. The summed E-state index contributed by atoms with van der Waals surface area (Å²) < 4.78 is 0. The Kier molecular flexibility index (Phi) is 4.45. The van der Waals surface area contributed by atoms with Gasteiger partial charge in [0.1, 0.15) is 0 Å². The molecule has 0 aliphatic rings. The van der Waals surface area contributed by atoms with Crippen LogP contribution in [0.5, 0.6) is 0 Å². The van der Waals surface area contributed by atoms with E-state index in [2.05, 4.69) is 17.1 Å². The summed E-state index contributed by atoms with van der Waals surface area (Å²) in [5.74, 6) is 1.13. The van der Waals surface area contributed by atoms with Crippen LogP contribution in [0.15, 0.2) is 53.7 Å². The molecule has 2 nitrogen and oxygen atoms in total. The van der Waals surface area contributed by atoms with Gasteiger partial charge in [-0.1, -0.05) is 12.1 Å². The van der Waals surface area contributed by atoms with Crippen LogP contribution in [-0.4, -0.2) is 10.7 Å². The van der Waals surface area contributed by atoms with Gasteiger partial charge in [0.15, 0.2) is 0 Å². The van der Waals surface area contributed by atoms with E-state index in [-0.39, 0.29) is 0 Å². The van der Waals surface area contributed by atoms with Crippen molar-refractivity contribution in [2.75, 3.05) is 11.5 Å². The Morgan fingerprint density at radius 3 is 2.41 bits per heavy atom. The zero-order valence-electron chi connectivity index (χ0n) is 9.67. The third-order valence-electron chi connectivity index (χ3n) is 2.51. The van der Waals surface area contributed by atoms with Crippen molar-refractivity contribution in [1.29, 1.82) is 0 Å². The maximum absolute atomic E-state index is 5.65. The molecule has 1 heterocycles. The van der Waals surface area contributed by atoms with Crippen LogP contribution < -0.4 is 5.73 Å². The Labute approximate surface area is 106 Å². The Balaban J connectivity index is 1.71. The summed E-state index contributed by atoms with van der Waals surface area (Å²) in [5, 5.41) is 0. The molecule has 3 heteroatoms. The number of anilines is 1. The number of aryl methyl sites for hydroxylation is 1. The second kappa shape index (κ2) is 6.30. The van der Waals surface area contributed by atoms with Crippen molar-refractivity contribution < 1.29 is 0 Å². The standard InChI is InChI=1S/C14H16N2S/c15-13-5-3-12(4-6-13)2-1-11-17-14-7-9-16-10-8-14/h3-10H,1-2,11,15H2. The summed E-state index contributed by atoms with van der Waals surface area (Å²) in [5.41, 5.74) is 7.84. The smallest absolute Gasteiger partial charge is 0.0314 e. The van der Waals surface area contributed by atoms with Crippen LogP contribution in [0.4, 0.5) is 5.69 Å². The minimum Gasteiger partial charge on any atom is -0.399 e. The highest BCUT2D eigenvalue weighted by molar-refractivity contribution is 7.99. The Bertz CT molecular complexity index is 440. The topological polar surface area (TPSA) is 38.9 Å². The molecule has 2 aromatic rings. The van der Waals surface area contributed by atoms with Gasteiger partial charge in [0.25, 0.3) is 0 Å². The Hall–Kier alpha value is -1.48. The number of hydrogen-bond donors (Lipinski definition) is 1. The van der Waals surface area contributed by atoms with Crippen LogP contribution >= 0.6 is 11.8 Å². The maximum Gasteiger partial charge on any atom is 0.0314 e. The first-order valence-corrected chi connectivity index (χ1v) is 6.70. The van der Waals surface area contributed by atoms with Gasteiger partial charge < -0.3 is 5.73 Å². The number of thioether (sulfide) groups is 1. The van der Waals surface area contributed by atoms with E-state index in [4.69, 9.17) is 5.73 Å². The molecule has 0 spiro atoms. The number of rotatable bonds is 5.